The third kappa shape index (κ3) is 3.79. The number of nitrogens with one attached hydrogen (secondary N) is 2. The molecule has 0 aliphatic carbocycles. The summed E-state index contributed by atoms with van der Waals surface area (Å²) in [5.74, 6) is -0.444. The van der Waals surface area contributed by atoms with Gasteiger partial charge in [-0.25, -0.2) is 9.59 Å². The molecule has 7 heteroatoms. The molecule has 1 saturated heterocycles. The van der Waals surface area contributed by atoms with E-state index < -0.39 is 12.0 Å². The van der Waals surface area contributed by atoms with Crippen molar-refractivity contribution >= 4 is 27.9 Å². The van der Waals surface area contributed by atoms with Crippen LogP contribution in [0.25, 0.3) is 0 Å². The lowest BCUT2D eigenvalue weighted by molar-refractivity contribution is -0.142. The molecule has 0 saturated carbocycles. The zero-order valence-corrected chi connectivity index (χ0v) is 14.9. The van der Waals surface area contributed by atoms with E-state index in [1.54, 1.807) is 6.92 Å². The van der Waals surface area contributed by atoms with E-state index in [1.807, 2.05) is 24.3 Å². The Kier molecular flexibility index (Phi) is 5.20. The summed E-state index contributed by atoms with van der Waals surface area (Å²) in [4.78, 5) is 24.4. The molecule has 6 nitrogen and oxygen atoms in total. The Bertz CT molecular complexity index is 683. The fraction of sp³-hybridized carbons (Fsp3) is 0.412. The first-order valence-electron chi connectivity index (χ1n) is 7.87. The minimum atomic E-state index is -0.548. The van der Waals surface area contributed by atoms with Crippen molar-refractivity contribution in [2.75, 3.05) is 13.2 Å². The number of allylic oxidation sites excluding steroid dienone is 1. The molecular weight excluding hydrogens is 376 g/mol. The molecule has 0 bridgehead atoms. The lowest BCUT2D eigenvalue weighted by Crippen LogP contribution is -2.45. The fourth-order valence-corrected chi connectivity index (χ4v) is 3.34. The van der Waals surface area contributed by atoms with Crippen molar-refractivity contribution in [2.45, 2.75) is 31.9 Å². The van der Waals surface area contributed by atoms with Crippen LogP contribution in [0.5, 0.6) is 0 Å². The molecule has 1 fully saturated rings. The monoisotopic (exact) mass is 394 g/mol. The molecule has 2 N–H and O–H groups in total. The Labute approximate surface area is 148 Å². The first-order valence-corrected chi connectivity index (χ1v) is 8.66. The van der Waals surface area contributed by atoms with Crippen LogP contribution in [0.15, 0.2) is 40.0 Å². The molecule has 2 amide bonds. The summed E-state index contributed by atoms with van der Waals surface area (Å²) in [6.45, 7) is 2.64. The van der Waals surface area contributed by atoms with Crippen LogP contribution >= 0.6 is 15.9 Å². The van der Waals surface area contributed by atoms with Gasteiger partial charge in [0.15, 0.2) is 0 Å². The number of amides is 2. The lowest BCUT2D eigenvalue weighted by Gasteiger charge is -2.28. The van der Waals surface area contributed by atoms with E-state index in [4.69, 9.17) is 9.47 Å². The van der Waals surface area contributed by atoms with Crippen LogP contribution in [0.2, 0.25) is 0 Å². The number of benzene rings is 1. The zero-order valence-electron chi connectivity index (χ0n) is 13.3. The maximum absolute atomic E-state index is 12.6. The normalized spacial score (nSPS) is 23.7. The highest BCUT2D eigenvalue weighted by Crippen LogP contribution is 2.29. The minimum Gasteiger partial charge on any atom is -0.459 e. The van der Waals surface area contributed by atoms with Crippen LogP contribution in [0.1, 0.15) is 31.4 Å². The summed E-state index contributed by atoms with van der Waals surface area (Å²) in [5.41, 5.74) is 1.72. The SMILES string of the molecule is CC1=C(C(=O)OC[C@H]2CCCO2)[C@@H](c2cccc(Br)c2)NC(=O)N1. The van der Waals surface area contributed by atoms with Gasteiger partial charge >= 0.3 is 12.0 Å². The number of carbonyl (C=O) groups excluding carboxylic acids is 2. The summed E-state index contributed by atoms with van der Waals surface area (Å²) in [7, 11) is 0. The largest absolute Gasteiger partial charge is 0.459 e. The van der Waals surface area contributed by atoms with Gasteiger partial charge < -0.3 is 20.1 Å². The lowest BCUT2D eigenvalue weighted by atomic mass is 9.96. The van der Waals surface area contributed by atoms with Crippen LogP contribution in [0.3, 0.4) is 0 Å². The Morgan fingerprint density at radius 3 is 3.00 bits per heavy atom. The second-order valence-corrected chi connectivity index (χ2v) is 6.77. The van der Waals surface area contributed by atoms with Crippen molar-refractivity contribution in [1.29, 1.82) is 0 Å². The number of halogens is 1. The van der Waals surface area contributed by atoms with Crippen LogP contribution < -0.4 is 10.6 Å². The molecule has 2 atom stereocenters. The molecule has 2 aliphatic heterocycles. The molecule has 1 aromatic carbocycles. The summed E-state index contributed by atoms with van der Waals surface area (Å²) >= 11 is 3.41. The quantitative estimate of drug-likeness (QED) is 0.769. The number of urea groups is 1. The molecule has 0 radical (unpaired) electrons. The maximum atomic E-state index is 12.6. The Morgan fingerprint density at radius 2 is 2.29 bits per heavy atom. The molecule has 128 valence electrons. The van der Waals surface area contributed by atoms with Gasteiger partial charge in [-0.3, -0.25) is 0 Å². The molecule has 24 heavy (non-hydrogen) atoms. The van der Waals surface area contributed by atoms with Gasteiger partial charge in [-0.2, -0.15) is 0 Å². The second kappa shape index (κ2) is 7.36. The minimum absolute atomic E-state index is 0.0367. The average molecular weight is 395 g/mol. The van der Waals surface area contributed by atoms with Gasteiger partial charge in [0.1, 0.15) is 6.61 Å². The summed E-state index contributed by atoms with van der Waals surface area (Å²) < 4.78 is 11.8. The van der Waals surface area contributed by atoms with Gasteiger partial charge in [0, 0.05) is 16.8 Å². The number of hydrogen-bond donors (Lipinski definition) is 2. The van der Waals surface area contributed by atoms with E-state index in [0.717, 1.165) is 22.9 Å². The molecule has 0 unspecified atom stereocenters. The Balaban J connectivity index is 1.81. The predicted octanol–water partition coefficient (Wildman–Crippen LogP) is 2.80. The van der Waals surface area contributed by atoms with Crippen molar-refractivity contribution in [3.8, 4) is 0 Å². The summed E-state index contributed by atoms with van der Waals surface area (Å²) in [5, 5.41) is 5.43. The Hall–Kier alpha value is -1.86. The van der Waals surface area contributed by atoms with E-state index in [9.17, 15) is 9.59 Å². The van der Waals surface area contributed by atoms with E-state index in [1.165, 1.54) is 0 Å². The number of ether oxygens (including phenoxy) is 2. The highest BCUT2D eigenvalue weighted by molar-refractivity contribution is 9.10. The third-order valence-electron chi connectivity index (χ3n) is 4.10. The van der Waals surface area contributed by atoms with Gasteiger partial charge in [0.05, 0.1) is 17.7 Å². The summed E-state index contributed by atoms with van der Waals surface area (Å²) in [6, 6.07) is 6.59. The molecule has 0 aromatic heterocycles. The van der Waals surface area contributed by atoms with Gasteiger partial charge in [0.25, 0.3) is 0 Å². The highest BCUT2D eigenvalue weighted by atomic mass is 79.9. The van der Waals surface area contributed by atoms with E-state index in [-0.39, 0.29) is 18.7 Å². The standard InChI is InChI=1S/C17H19BrN2O4/c1-10-14(16(21)24-9-13-6-3-7-23-13)15(20-17(22)19-10)11-4-2-5-12(18)8-11/h2,4-5,8,13,15H,3,6-7,9H2,1H3,(H2,19,20,22)/t13-,15-/m1/s1. The second-order valence-electron chi connectivity index (χ2n) is 5.86. The number of hydrogen-bond acceptors (Lipinski definition) is 4. The molecule has 1 aromatic rings. The van der Waals surface area contributed by atoms with E-state index in [2.05, 4.69) is 26.6 Å². The molecule has 2 aliphatic rings. The van der Waals surface area contributed by atoms with Crippen LogP contribution in [0.4, 0.5) is 4.79 Å². The first kappa shape index (κ1) is 17.0. The summed E-state index contributed by atoms with van der Waals surface area (Å²) in [6.07, 6.45) is 1.85. The molecule has 3 rings (SSSR count). The highest BCUT2D eigenvalue weighted by Gasteiger charge is 2.32. The topological polar surface area (TPSA) is 76.7 Å². The van der Waals surface area contributed by atoms with Gasteiger partial charge in [-0.15, -0.1) is 0 Å². The van der Waals surface area contributed by atoms with Crippen molar-refractivity contribution in [2.24, 2.45) is 0 Å². The smallest absolute Gasteiger partial charge is 0.338 e. The van der Waals surface area contributed by atoms with Crippen LogP contribution in [-0.4, -0.2) is 31.3 Å². The van der Waals surface area contributed by atoms with Gasteiger partial charge in [-0.1, -0.05) is 28.1 Å². The number of carbonyl (C=O) groups is 2. The van der Waals surface area contributed by atoms with Crippen molar-refractivity contribution < 1.29 is 19.1 Å². The maximum Gasteiger partial charge on any atom is 0.338 e. The number of esters is 1. The predicted molar refractivity (Wildman–Crippen MR) is 91.2 cm³/mol. The average Bonchev–Trinajstić information content (AvgIpc) is 3.05. The van der Waals surface area contributed by atoms with Gasteiger partial charge in [-0.05, 0) is 37.5 Å². The van der Waals surface area contributed by atoms with Crippen LogP contribution in [-0.2, 0) is 14.3 Å². The van der Waals surface area contributed by atoms with E-state index >= 15 is 0 Å². The van der Waals surface area contributed by atoms with Gasteiger partial charge in [0.2, 0.25) is 0 Å². The molecule has 0 spiro atoms. The Morgan fingerprint density at radius 1 is 1.46 bits per heavy atom. The molecule has 2 heterocycles. The van der Waals surface area contributed by atoms with Crippen molar-refractivity contribution in [1.82, 2.24) is 10.6 Å². The number of rotatable bonds is 4. The van der Waals surface area contributed by atoms with E-state index in [0.29, 0.717) is 17.9 Å². The third-order valence-corrected chi connectivity index (χ3v) is 4.59. The molecular formula is C17H19BrN2O4. The fourth-order valence-electron chi connectivity index (χ4n) is 2.92. The first-order chi connectivity index (χ1) is 11.5. The van der Waals surface area contributed by atoms with Crippen LogP contribution in [0, 0.1) is 0 Å². The zero-order chi connectivity index (χ0) is 17.1. The van der Waals surface area contributed by atoms with Crippen molar-refractivity contribution in [3.63, 3.8) is 0 Å². The van der Waals surface area contributed by atoms with Crippen molar-refractivity contribution in [3.05, 3.63) is 45.6 Å².